The molecule has 1 saturated heterocycles. The van der Waals surface area contributed by atoms with E-state index in [1.807, 2.05) is 26.4 Å². The molecule has 0 aromatic carbocycles. The number of oxime groups is 1. The van der Waals surface area contributed by atoms with Crippen LogP contribution in [0.5, 0.6) is 0 Å². The van der Waals surface area contributed by atoms with Crippen LogP contribution in [0.2, 0.25) is 0 Å². The second-order valence-corrected chi connectivity index (χ2v) is 6.65. The van der Waals surface area contributed by atoms with Crippen LogP contribution >= 0.6 is 0 Å². The lowest BCUT2D eigenvalue weighted by molar-refractivity contribution is 0.0628. The van der Waals surface area contributed by atoms with E-state index in [0.717, 1.165) is 5.71 Å². The van der Waals surface area contributed by atoms with Crippen molar-refractivity contribution in [2.75, 3.05) is 19.6 Å². The Bertz CT molecular complexity index is 883. The summed E-state index contributed by atoms with van der Waals surface area (Å²) in [6, 6.07) is 3.58. The number of likely N-dealkylation sites (tertiary alicyclic amines) is 1. The maximum atomic E-state index is 12.5. The van der Waals surface area contributed by atoms with E-state index in [4.69, 9.17) is 4.84 Å². The van der Waals surface area contributed by atoms with Crippen LogP contribution in [0.1, 0.15) is 21.0 Å². The fourth-order valence-corrected chi connectivity index (χ4v) is 3.38. The number of carbonyl (C=O) groups excluding carboxylic acids is 2. The molecule has 0 saturated carbocycles. The zero-order valence-corrected chi connectivity index (χ0v) is 14.6. The Kier molecular flexibility index (Phi) is 3.98. The Hall–Kier alpha value is -3.10. The second-order valence-electron chi connectivity index (χ2n) is 6.65. The molecule has 0 radical (unpaired) electrons. The van der Waals surface area contributed by atoms with Gasteiger partial charge in [0.15, 0.2) is 6.10 Å². The summed E-state index contributed by atoms with van der Waals surface area (Å²) in [5.41, 5.74) is 1.76. The van der Waals surface area contributed by atoms with E-state index in [1.54, 1.807) is 32.6 Å². The number of amides is 2. The first kappa shape index (κ1) is 16.4. The molecule has 9 heteroatoms. The number of nitrogens with one attached hydrogen (secondary N) is 1. The normalized spacial score (nSPS) is 21.3. The van der Waals surface area contributed by atoms with Crippen molar-refractivity contribution in [1.82, 2.24) is 24.3 Å². The van der Waals surface area contributed by atoms with Crippen LogP contribution in [0.25, 0.3) is 0 Å². The van der Waals surface area contributed by atoms with Gasteiger partial charge < -0.3 is 24.2 Å². The molecule has 2 aliphatic heterocycles. The van der Waals surface area contributed by atoms with Crippen LogP contribution in [0.3, 0.4) is 0 Å². The third kappa shape index (κ3) is 2.85. The van der Waals surface area contributed by atoms with Gasteiger partial charge in [-0.2, -0.15) is 0 Å². The molecular formula is C17H20N6O3. The number of nitrogens with zero attached hydrogens (tertiary/aromatic N) is 5. The molecule has 0 bridgehead atoms. The number of hydrogen-bond donors (Lipinski definition) is 1. The van der Waals surface area contributed by atoms with E-state index >= 15 is 0 Å². The van der Waals surface area contributed by atoms with Crippen LogP contribution in [-0.4, -0.2) is 62.3 Å². The summed E-state index contributed by atoms with van der Waals surface area (Å²) >= 11 is 0. The van der Waals surface area contributed by atoms with Gasteiger partial charge in [0.05, 0.1) is 31.0 Å². The average molecular weight is 356 g/mol. The smallest absolute Gasteiger partial charge is 0.274 e. The third-order valence-electron chi connectivity index (χ3n) is 4.82. The van der Waals surface area contributed by atoms with Crippen LogP contribution in [-0.2, 0) is 18.9 Å². The van der Waals surface area contributed by atoms with Crippen LogP contribution < -0.4 is 5.32 Å². The molecule has 0 aliphatic carbocycles. The van der Waals surface area contributed by atoms with Gasteiger partial charge in [0.25, 0.3) is 11.8 Å². The molecule has 2 amide bonds. The molecule has 2 aliphatic rings. The van der Waals surface area contributed by atoms with Crippen molar-refractivity contribution in [3.05, 3.63) is 42.2 Å². The van der Waals surface area contributed by atoms with Gasteiger partial charge in [-0.05, 0) is 12.1 Å². The lowest BCUT2D eigenvalue weighted by Gasteiger charge is -2.15. The Morgan fingerprint density at radius 3 is 2.88 bits per heavy atom. The molecule has 2 aromatic heterocycles. The molecule has 9 nitrogen and oxygen atoms in total. The summed E-state index contributed by atoms with van der Waals surface area (Å²) in [5.74, 6) is -0.282. The van der Waals surface area contributed by atoms with Gasteiger partial charge in [-0.3, -0.25) is 9.59 Å². The predicted molar refractivity (Wildman–Crippen MR) is 92.7 cm³/mol. The maximum Gasteiger partial charge on any atom is 0.274 e. The van der Waals surface area contributed by atoms with Gasteiger partial charge in [0.2, 0.25) is 0 Å². The fraction of sp³-hybridized carbons (Fsp3) is 0.412. The lowest BCUT2D eigenvalue weighted by atomic mass is 10.0. The van der Waals surface area contributed by atoms with Crippen molar-refractivity contribution in [3.8, 4) is 0 Å². The summed E-state index contributed by atoms with van der Waals surface area (Å²) in [7, 11) is 3.64. The van der Waals surface area contributed by atoms with Crippen LogP contribution in [0, 0.1) is 5.92 Å². The summed E-state index contributed by atoms with van der Waals surface area (Å²) < 4.78 is 3.50. The van der Waals surface area contributed by atoms with Crippen molar-refractivity contribution < 1.29 is 14.4 Å². The van der Waals surface area contributed by atoms with E-state index in [0.29, 0.717) is 31.0 Å². The molecular weight excluding hydrogens is 336 g/mol. The van der Waals surface area contributed by atoms with E-state index in [-0.39, 0.29) is 23.8 Å². The highest BCUT2D eigenvalue weighted by Gasteiger charge is 2.44. The Morgan fingerprint density at radius 1 is 1.35 bits per heavy atom. The molecule has 4 heterocycles. The number of aryl methyl sites for hydroxylation is 2. The van der Waals surface area contributed by atoms with Crippen LogP contribution in [0.15, 0.2) is 36.0 Å². The lowest BCUT2D eigenvalue weighted by Crippen LogP contribution is -2.35. The fourth-order valence-electron chi connectivity index (χ4n) is 3.38. The summed E-state index contributed by atoms with van der Waals surface area (Å²) in [4.78, 5) is 36.1. The number of imidazole rings is 1. The maximum absolute atomic E-state index is 12.5. The summed E-state index contributed by atoms with van der Waals surface area (Å²) in [6.07, 6.45) is 4.96. The van der Waals surface area contributed by atoms with Gasteiger partial charge in [-0.1, -0.05) is 5.16 Å². The Balaban J connectivity index is 1.37. The SMILES string of the molecule is Cn1cnc(C(=O)N2CC3ON=C(CNC(=O)c4cccn4C)C3C2)c1. The highest BCUT2D eigenvalue weighted by molar-refractivity contribution is 5.99. The number of hydrogen-bond acceptors (Lipinski definition) is 5. The first-order valence-electron chi connectivity index (χ1n) is 8.42. The van der Waals surface area contributed by atoms with Crippen molar-refractivity contribution in [3.63, 3.8) is 0 Å². The number of carbonyl (C=O) groups is 2. The minimum atomic E-state index is -0.164. The zero-order chi connectivity index (χ0) is 18.3. The standard InChI is InChI=1S/C17H20N6O3/c1-21-8-13(19-10-21)17(25)23-7-11-12(20-26-15(11)9-23)6-18-16(24)14-4-3-5-22(14)2/h3-5,8,10-11,15H,6-7,9H2,1-2H3,(H,18,24). The molecule has 136 valence electrons. The monoisotopic (exact) mass is 356 g/mol. The third-order valence-corrected chi connectivity index (χ3v) is 4.82. The van der Waals surface area contributed by atoms with Gasteiger partial charge in [0, 0.05) is 33.0 Å². The molecule has 2 unspecified atom stereocenters. The molecule has 4 rings (SSSR count). The first-order chi connectivity index (χ1) is 12.5. The predicted octanol–water partition coefficient (Wildman–Crippen LogP) is 0.0154. The molecule has 1 fully saturated rings. The second kappa shape index (κ2) is 6.32. The summed E-state index contributed by atoms with van der Waals surface area (Å²) in [6.45, 7) is 1.29. The topological polar surface area (TPSA) is 93.8 Å². The van der Waals surface area contributed by atoms with Gasteiger partial charge in [0.1, 0.15) is 11.4 Å². The van der Waals surface area contributed by atoms with Gasteiger partial charge >= 0.3 is 0 Å². The van der Waals surface area contributed by atoms with Gasteiger partial charge in [-0.25, -0.2) is 4.98 Å². The van der Waals surface area contributed by atoms with E-state index < -0.39 is 0 Å². The Morgan fingerprint density at radius 2 is 2.19 bits per heavy atom. The minimum absolute atomic E-state index is 0.00336. The van der Waals surface area contributed by atoms with Crippen molar-refractivity contribution in [1.29, 1.82) is 0 Å². The number of aromatic nitrogens is 3. The van der Waals surface area contributed by atoms with Crippen molar-refractivity contribution >= 4 is 17.5 Å². The highest BCUT2D eigenvalue weighted by atomic mass is 16.6. The molecule has 2 atom stereocenters. The quantitative estimate of drug-likeness (QED) is 0.835. The molecule has 0 spiro atoms. The largest absolute Gasteiger partial charge is 0.390 e. The molecule has 1 N–H and O–H groups in total. The zero-order valence-electron chi connectivity index (χ0n) is 14.6. The number of fused-ring (bicyclic) bond motifs is 1. The van der Waals surface area contributed by atoms with E-state index in [9.17, 15) is 9.59 Å². The molecule has 2 aromatic rings. The molecule has 26 heavy (non-hydrogen) atoms. The van der Waals surface area contributed by atoms with Crippen LogP contribution in [0.4, 0.5) is 0 Å². The summed E-state index contributed by atoms with van der Waals surface area (Å²) in [5, 5.41) is 6.97. The first-order valence-corrected chi connectivity index (χ1v) is 8.42. The minimum Gasteiger partial charge on any atom is -0.390 e. The van der Waals surface area contributed by atoms with E-state index in [2.05, 4.69) is 15.5 Å². The van der Waals surface area contributed by atoms with E-state index in [1.165, 1.54) is 0 Å². The number of rotatable bonds is 4. The van der Waals surface area contributed by atoms with Crippen molar-refractivity contribution in [2.45, 2.75) is 6.10 Å². The highest BCUT2D eigenvalue weighted by Crippen LogP contribution is 2.27. The van der Waals surface area contributed by atoms with Crippen molar-refractivity contribution in [2.24, 2.45) is 25.2 Å². The Labute approximate surface area is 150 Å². The average Bonchev–Trinajstić information content (AvgIpc) is 3.36. The van der Waals surface area contributed by atoms with Gasteiger partial charge in [-0.15, -0.1) is 0 Å².